The van der Waals surface area contributed by atoms with Gasteiger partial charge in [0.15, 0.2) is 0 Å². The summed E-state index contributed by atoms with van der Waals surface area (Å²) in [5, 5.41) is 5.89. The van der Waals surface area contributed by atoms with E-state index in [9.17, 15) is 9.59 Å². The molecule has 0 fully saturated rings. The number of benzene rings is 4. The highest BCUT2D eigenvalue weighted by Gasteiger charge is 2.19. The van der Waals surface area contributed by atoms with Crippen LogP contribution in [-0.2, 0) is 4.79 Å². The molecule has 1 atom stereocenters. The zero-order valence-corrected chi connectivity index (χ0v) is 18.9. The Balaban J connectivity index is 1.40. The third-order valence-electron chi connectivity index (χ3n) is 5.33. The van der Waals surface area contributed by atoms with Crippen molar-refractivity contribution in [3.05, 3.63) is 126 Å². The molecule has 1 unspecified atom stereocenters. The molecular formula is C29H26N2O3. The highest BCUT2D eigenvalue weighted by atomic mass is 16.5. The van der Waals surface area contributed by atoms with Crippen molar-refractivity contribution in [2.45, 2.75) is 19.4 Å². The van der Waals surface area contributed by atoms with Crippen molar-refractivity contribution in [3.8, 4) is 11.5 Å². The summed E-state index contributed by atoms with van der Waals surface area (Å²) in [5.41, 5.74) is 3.23. The highest BCUT2D eigenvalue weighted by molar-refractivity contribution is 5.95. The molecule has 0 radical (unpaired) electrons. The van der Waals surface area contributed by atoms with Gasteiger partial charge in [0.2, 0.25) is 5.91 Å². The molecule has 34 heavy (non-hydrogen) atoms. The van der Waals surface area contributed by atoms with Crippen molar-refractivity contribution in [3.63, 3.8) is 0 Å². The lowest BCUT2D eigenvalue weighted by Gasteiger charge is -2.19. The number of carbonyl (C=O) groups is 2. The maximum absolute atomic E-state index is 12.8. The van der Waals surface area contributed by atoms with E-state index in [4.69, 9.17) is 4.74 Å². The van der Waals surface area contributed by atoms with Crippen LogP contribution < -0.4 is 15.4 Å². The lowest BCUT2D eigenvalue weighted by Crippen LogP contribution is -2.31. The van der Waals surface area contributed by atoms with E-state index in [0.29, 0.717) is 17.0 Å². The molecule has 0 spiro atoms. The smallest absolute Gasteiger partial charge is 0.251 e. The van der Waals surface area contributed by atoms with E-state index in [1.165, 1.54) is 5.56 Å². The maximum Gasteiger partial charge on any atom is 0.251 e. The van der Waals surface area contributed by atoms with Crippen LogP contribution in [0.1, 0.15) is 33.9 Å². The maximum atomic E-state index is 12.8. The van der Waals surface area contributed by atoms with Crippen LogP contribution in [0.3, 0.4) is 0 Å². The summed E-state index contributed by atoms with van der Waals surface area (Å²) >= 11 is 0. The van der Waals surface area contributed by atoms with E-state index in [1.807, 2.05) is 79.7 Å². The van der Waals surface area contributed by atoms with Crippen molar-refractivity contribution in [2.75, 3.05) is 5.32 Å². The number of hydrogen-bond donors (Lipinski definition) is 2. The van der Waals surface area contributed by atoms with Crippen LogP contribution in [0.5, 0.6) is 11.5 Å². The Hall–Kier alpha value is -4.38. The Labute approximate surface area is 199 Å². The van der Waals surface area contributed by atoms with Gasteiger partial charge in [-0.05, 0) is 61.0 Å². The second-order valence-electron chi connectivity index (χ2n) is 7.99. The molecule has 0 bridgehead atoms. The first-order valence-corrected chi connectivity index (χ1v) is 11.1. The minimum atomic E-state index is -0.460. The van der Waals surface area contributed by atoms with Crippen LogP contribution in [-0.4, -0.2) is 11.8 Å². The molecule has 2 N–H and O–H groups in total. The predicted octanol–water partition coefficient (Wildman–Crippen LogP) is 6.29. The Morgan fingerprint density at radius 2 is 1.29 bits per heavy atom. The van der Waals surface area contributed by atoms with E-state index >= 15 is 0 Å². The first-order valence-electron chi connectivity index (χ1n) is 11.1. The number of hydrogen-bond acceptors (Lipinski definition) is 3. The number of rotatable bonds is 8. The van der Waals surface area contributed by atoms with E-state index in [-0.39, 0.29) is 18.2 Å². The SMILES string of the molecule is Cc1ccc(Oc2ccc(NC(=O)CC(NC(=O)c3ccccc3)c3ccccc3)cc2)cc1. The molecule has 2 amide bonds. The van der Waals surface area contributed by atoms with E-state index in [2.05, 4.69) is 10.6 Å². The van der Waals surface area contributed by atoms with Gasteiger partial charge in [0.25, 0.3) is 5.91 Å². The monoisotopic (exact) mass is 450 g/mol. The number of carbonyl (C=O) groups excluding carboxylic acids is 2. The quantitative estimate of drug-likeness (QED) is 0.332. The van der Waals surface area contributed by atoms with E-state index < -0.39 is 6.04 Å². The third-order valence-corrected chi connectivity index (χ3v) is 5.33. The molecule has 0 aliphatic carbocycles. The average molecular weight is 451 g/mol. The van der Waals surface area contributed by atoms with Gasteiger partial charge in [0, 0.05) is 11.3 Å². The topological polar surface area (TPSA) is 67.4 Å². The second-order valence-corrected chi connectivity index (χ2v) is 7.99. The molecule has 0 saturated carbocycles. The molecule has 4 aromatic carbocycles. The average Bonchev–Trinajstić information content (AvgIpc) is 2.87. The van der Waals surface area contributed by atoms with Gasteiger partial charge in [0.1, 0.15) is 11.5 Å². The Morgan fingerprint density at radius 3 is 1.91 bits per heavy atom. The number of anilines is 1. The first-order chi connectivity index (χ1) is 16.6. The van der Waals surface area contributed by atoms with E-state index in [0.717, 1.165) is 11.3 Å². The molecule has 0 aliphatic rings. The van der Waals surface area contributed by atoms with Gasteiger partial charge < -0.3 is 15.4 Å². The lowest BCUT2D eigenvalue weighted by atomic mass is 10.0. The van der Waals surface area contributed by atoms with Crippen LogP contribution in [0.4, 0.5) is 5.69 Å². The third kappa shape index (κ3) is 6.33. The van der Waals surface area contributed by atoms with Crippen LogP contribution >= 0.6 is 0 Å². The first kappa shape index (κ1) is 22.8. The molecule has 5 nitrogen and oxygen atoms in total. The molecule has 170 valence electrons. The largest absolute Gasteiger partial charge is 0.457 e. The van der Waals surface area contributed by atoms with Gasteiger partial charge in [0.05, 0.1) is 12.5 Å². The van der Waals surface area contributed by atoms with E-state index in [1.54, 1.807) is 36.4 Å². The number of nitrogens with one attached hydrogen (secondary N) is 2. The van der Waals surface area contributed by atoms with Crippen molar-refractivity contribution in [2.24, 2.45) is 0 Å². The molecular weight excluding hydrogens is 424 g/mol. The molecule has 0 heterocycles. The predicted molar refractivity (Wildman–Crippen MR) is 134 cm³/mol. The normalized spacial score (nSPS) is 11.3. The summed E-state index contributed by atoms with van der Waals surface area (Å²) in [6.45, 7) is 2.02. The minimum Gasteiger partial charge on any atom is -0.457 e. The van der Waals surface area contributed by atoms with Gasteiger partial charge in [-0.15, -0.1) is 0 Å². The van der Waals surface area contributed by atoms with Crippen LogP contribution in [0.15, 0.2) is 109 Å². The molecule has 0 aliphatic heterocycles. The summed E-state index contributed by atoms with van der Waals surface area (Å²) in [5.74, 6) is 1.01. The minimum absolute atomic E-state index is 0.101. The van der Waals surface area contributed by atoms with Crippen molar-refractivity contribution >= 4 is 17.5 Å². The van der Waals surface area contributed by atoms with Crippen molar-refractivity contribution < 1.29 is 14.3 Å². The Kier molecular flexibility index (Phi) is 7.35. The van der Waals surface area contributed by atoms with Crippen LogP contribution in [0.25, 0.3) is 0 Å². The Bertz CT molecular complexity index is 1220. The van der Waals surface area contributed by atoms with Crippen molar-refractivity contribution in [1.29, 1.82) is 0 Å². The summed E-state index contributed by atoms with van der Waals surface area (Å²) < 4.78 is 5.84. The molecule has 5 heteroatoms. The standard InChI is InChI=1S/C29H26N2O3/c1-21-12-16-25(17-13-21)34-26-18-14-24(15-19-26)30-28(32)20-27(22-8-4-2-5-9-22)31-29(33)23-10-6-3-7-11-23/h2-19,27H,20H2,1H3,(H,30,32)(H,31,33). The van der Waals surface area contributed by atoms with Crippen molar-refractivity contribution in [1.82, 2.24) is 5.32 Å². The highest BCUT2D eigenvalue weighted by Crippen LogP contribution is 2.24. The van der Waals surface area contributed by atoms with Crippen LogP contribution in [0, 0.1) is 6.92 Å². The van der Waals surface area contributed by atoms with Crippen LogP contribution in [0.2, 0.25) is 0 Å². The van der Waals surface area contributed by atoms with Gasteiger partial charge >= 0.3 is 0 Å². The summed E-state index contributed by atoms with van der Waals surface area (Å²) in [6.07, 6.45) is 0.101. The number of aryl methyl sites for hydroxylation is 1. The fourth-order valence-electron chi connectivity index (χ4n) is 3.51. The molecule has 0 aromatic heterocycles. The van der Waals surface area contributed by atoms with Gasteiger partial charge in [-0.25, -0.2) is 0 Å². The molecule has 4 aromatic rings. The molecule has 4 rings (SSSR count). The Morgan fingerprint density at radius 1 is 0.735 bits per heavy atom. The number of amides is 2. The second kappa shape index (κ2) is 11.0. The zero-order valence-electron chi connectivity index (χ0n) is 18.9. The summed E-state index contributed by atoms with van der Waals surface area (Å²) in [4.78, 5) is 25.5. The van der Waals surface area contributed by atoms with Gasteiger partial charge in [-0.2, -0.15) is 0 Å². The fraction of sp³-hybridized carbons (Fsp3) is 0.103. The van der Waals surface area contributed by atoms with Gasteiger partial charge in [-0.1, -0.05) is 66.2 Å². The molecule has 0 saturated heterocycles. The lowest BCUT2D eigenvalue weighted by molar-refractivity contribution is -0.116. The summed E-state index contributed by atoms with van der Waals surface area (Å²) in [6, 6.07) is 33.0. The fourth-order valence-corrected chi connectivity index (χ4v) is 3.51. The number of ether oxygens (including phenoxy) is 1. The zero-order chi connectivity index (χ0) is 23.8. The summed E-state index contributed by atoms with van der Waals surface area (Å²) in [7, 11) is 0. The van der Waals surface area contributed by atoms with Gasteiger partial charge in [-0.3, -0.25) is 9.59 Å².